The second kappa shape index (κ2) is 8.13. The second-order valence-electron chi connectivity index (χ2n) is 7.60. The van der Waals surface area contributed by atoms with Crippen molar-refractivity contribution in [1.82, 2.24) is 5.32 Å². The Morgan fingerprint density at radius 1 is 1.04 bits per heavy atom. The summed E-state index contributed by atoms with van der Waals surface area (Å²) >= 11 is 0. The van der Waals surface area contributed by atoms with Gasteiger partial charge < -0.3 is 10.6 Å². The van der Waals surface area contributed by atoms with Gasteiger partial charge in [-0.05, 0) is 63.9 Å². The van der Waals surface area contributed by atoms with Crippen LogP contribution < -0.4 is 10.6 Å². The molecule has 0 bridgehead atoms. The van der Waals surface area contributed by atoms with E-state index < -0.39 is 9.84 Å². The van der Waals surface area contributed by atoms with Crippen molar-refractivity contribution in [2.75, 3.05) is 11.9 Å². The molecular weight excluding hydrogens is 360 g/mol. The lowest BCUT2D eigenvalue weighted by Crippen LogP contribution is -2.43. The van der Waals surface area contributed by atoms with Crippen LogP contribution in [0.15, 0.2) is 52.3 Å². The highest BCUT2D eigenvalue weighted by Crippen LogP contribution is 2.29. The van der Waals surface area contributed by atoms with Crippen LogP contribution in [0.1, 0.15) is 38.8 Å². The van der Waals surface area contributed by atoms with E-state index in [0.29, 0.717) is 17.7 Å². The van der Waals surface area contributed by atoms with Crippen molar-refractivity contribution in [3.63, 3.8) is 0 Å². The number of sulfone groups is 1. The molecule has 0 aliphatic carbocycles. The van der Waals surface area contributed by atoms with Gasteiger partial charge >= 0.3 is 0 Å². The third-order valence-electron chi connectivity index (χ3n) is 4.06. The van der Waals surface area contributed by atoms with Crippen LogP contribution in [0.25, 0.3) is 0 Å². The minimum absolute atomic E-state index is 0.0816. The highest BCUT2D eigenvalue weighted by molar-refractivity contribution is 7.91. The molecule has 6 heteroatoms. The van der Waals surface area contributed by atoms with E-state index in [-0.39, 0.29) is 27.8 Å². The second-order valence-corrected chi connectivity index (χ2v) is 9.52. The topological polar surface area (TPSA) is 75.3 Å². The molecule has 27 heavy (non-hydrogen) atoms. The number of benzene rings is 2. The largest absolute Gasteiger partial charge is 0.376 e. The molecule has 0 saturated heterocycles. The van der Waals surface area contributed by atoms with Gasteiger partial charge in [0, 0.05) is 11.2 Å². The zero-order chi connectivity index (χ0) is 20.2. The van der Waals surface area contributed by atoms with Gasteiger partial charge in [0.25, 0.3) is 0 Å². The van der Waals surface area contributed by atoms with E-state index in [2.05, 4.69) is 10.6 Å². The summed E-state index contributed by atoms with van der Waals surface area (Å²) in [5, 5.41) is 5.97. The Bertz CT molecular complexity index is 911. The maximum Gasteiger partial charge on any atom is 0.239 e. The molecule has 0 unspecified atom stereocenters. The number of aryl methyl sites for hydroxylation is 1. The van der Waals surface area contributed by atoms with Gasteiger partial charge in [0.15, 0.2) is 0 Å². The van der Waals surface area contributed by atoms with E-state index in [4.69, 9.17) is 0 Å². The molecule has 0 saturated carbocycles. The first kappa shape index (κ1) is 21.0. The zero-order valence-corrected chi connectivity index (χ0v) is 17.4. The van der Waals surface area contributed by atoms with Crippen molar-refractivity contribution in [3.8, 4) is 0 Å². The normalized spacial score (nSPS) is 11.9. The highest BCUT2D eigenvalue weighted by atomic mass is 32.2. The van der Waals surface area contributed by atoms with Crippen LogP contribution >= 0.6 is 0 Å². The Balaban J connectivity index is 2.33. The smallest absolute Gasteiger partial charge is 0.239 e. The lowest BCUT2D eigenvalue weighted by Gasteiger charge is -2.21. The SMILES string of the molecule is CCc1c(NCC(=O)NC(C)(C)C)cccc1S(=O)(=O)c1ccc(C)cc1. The van der Waals surface area contributed by atoms with Crippen molar-refractivity contribution in [2.45, 2.75) is 56.4 Å². The molecule has 0 heterocycles. The van der Waals surface area contributed by atoms with Crippen LogP contribution in [0.2, 0.25) is 0 Å². The number of rotatable bonds is 6. The lowest BCUT2D eigenvalue weighted by molar-refractivity contribution is -0.120. The Hall–Kier alpha value is -2.34. The van der Waals surface area contributed by atoms with Crippen LogP contribution in [-0.2, 0) is 21.1 Å². The maximum atomic E-state index is 13.1. The van der Waals surface area contributed by atoms with E-state index >= 15 is 0 Å². The average molecular weight is 389 g/mol. The monoisotopic (exact) mass is 388 g/mol. The summed E-state index contributed by atoms with van der Waals surface area (Å²) in [6, 6.07) is 12.0. The van der Waals surface area contributed by atoms with Gasteiger partial charge in [-0.25, -0.2) is 8.42 Å². The summed E-state index contributed by atoms with van der Waals surface area (Å²) in [6.45, 7) is 9.65. The lowest BCUT2D eigenvalue weighted by atomic mass is 10.1. The number of amides is 1. The summed E-state index contributed by atoms with van der Waals surface area (Å²) in [7, 11) is -3.63. The van der Waals surface area contributed by atoms with Crippen molar-refractivity contribution < 1.29 is 13.2 Å². The maximum absolute atomic E-state index is 13.1. The first-order valence-electron chi connectivity index (χ1n) is 9.03. The summed E-state index contributed by atoms with van der Waals surface area (Å²) in [5.74, 6) is -0.142. The molecule has 2 N–H and O–H groups in total. The fourth-order valence-electron chi connectivity index (χ4n) is 2.83. The van der Waals surface area contributed by atoms with Crippen LogP contribution in [0.3, 0.4) is 0 Å². The van der Waals surface area contributed by atoms with E-state index in [1.165, 1.54) is 0 Å². The molecule has 0 aromatic heterocycles. The van der Waals surface area contributed by atoms with Gasteiger partial charge in [0.2, 0.25) is 15.7 Å². The fraction of sp³-hybridized carbons (Fsp3) is 0.381. The molecule has 1 amide bonds. The predicted molar refractivity (Wildman–Crippen MR) is 109 cm³/mol. The first-order valence-corrected chi connectivity index (χ1v) is 10.5. The van der Waals surface area contributed by atoms with Crippen molar-refractivity contribution >= 4 is 21.4 Å². The number of carbonyl (C=O) groups is 1. The van der Waals surface area contributed by atoms with Gasteiger partial charge in [-0.1, -0.05) is 30.7 Å². The van der Waals surface area contributed by atoms with Crippen molar-refractivity contribution in [2.24, 2.45) is 0 Å². The molecule has 0 fully saturated rings. The van der Waals surface area contributed by atoms with Gasteiger partial charge in [-0.3, -0.25) is 4.79 Å². The van der Waals surface area contributed by atoms with Crippen molar-refractivity contribution in [1.29, 1.82) is 0 Å². The minimum Gasteiger partial charge on any atom is -0.376 e. The average Bonchev–Trinajstić information content (AvgIpc) is 2.58. The standard InChI is InChI=1S/C21H28N2O3S/c1-6-17-18(22-14-20(24)23-21(3,4)5)8-7-9-19(17)27(25,26)16-12-10-15(2)11-13-16/h7-13,22H,6,14H2,1-5H3,(H,23,24). The molecule has 0 aliphatic heterocycles. The van der Waals surface area contributed by atoms with Gasteiger partial charge in [-0.2, -0.15) is 0 Å². The van der Waals surface area contributed by atoms with E-state index in [9.17, 15) is 13.2 Å². The molecule has 2 aromatic rings. The Kier molecular flexibility index (Phi) is 6.31. The zero-order valence-electron chi connectivity index (χ0n) is 16.6. The number of nitrogens with one attached hydrogen (secondary N) is 2. The van der Waals surface area contributed by atoms with Crippen molar-refractivity contribution in [3.05, 3.63) is 53.6 Å². The molecule has 0 atom stereocenters. The summed E-state index contributed by atoms with van der Waals surface area (Å²) in [6.07, 6.45) is 0.532. The van der Waals surface area contributed by atoms with Crippen LogP contribution in [0, 0.1) is 6.92 Å². The molecule has 146 valence electrons. The molecule has 0 radical (unpaired) electrons. The molecule has 0 aliphatic rings. The third-order valence-corrected chi connectivity index (χ3v) is 5.92. The van der Waals surface area contributed by atoms with Gasteiger partial charge in [0.05, 0.1) is 16.3 Å². The molecule has 5 nitrogen and oxygen atoms in total. The third kappa shape index (κ3) is 5.32. The van der Waals surface area contributed by atoms with E-state index in [0.717, 1.165) is 5.56 Å². The molecule has 2 rings (SSSR count). The van der Waals surface area contributed by atoms with Crippen LogP contribution in [0.4, 0.5) is 5.69 Å². The highest BCUT2D eigenvalue weighted by Gasteiger charge is 2.22. The molecular formula is C21H28N2O3S. The van der Waals surface area contributed by atoms with Crippen LogP contribution in [0.5, 0.6) is 0 Å². The number of hydrogen-bond acceptors (Lipinski definition) is 4. The number of anilines is 1. The summed E-state index contributed by atoms with van der Waals surface area (Å²) < 4.78 is 26.2. The first-order chi connectivity index (χ1) is 12.5. The number of hydrogen-bond donors (Lipinski definition) is 2. The minimum atomic E-state index is -3.63. The summed E-state index contributed by atoms with van der Waals surface area (Å²) in [5.41, 5.74) is 2.03. The Morgan fingerprint density at radius 2 is 1.67 bits per heavy atom. The van der Waals surface area contributed by atoms with Gasteiger partial charge in [0.1, 0.15) is 0 Å². The number of carbonyl (C=O) groups excluding carboxylic acids is 1. The Morgan fingerprint density at radius 3 is 2.22 bits per heavy atom. The Labute approximate surface area is 162 Å². The van der Waals surface area contributed by atoms with E-state index in [1.807, 2.05) is 34.6 Å². The molecule has 2 aromatic carbocycles. The fourth-order valence-corrected chi connectivity index (χ4v) is 4.41. The van der Waals surface area contributed by atoms with Crippen LogP contribution in [-0.4, -0.2) is 26.4 Å². The predicted octanol–water partition coefficient (Wildman–Crippen LogP) is 3.72. The molecule has 0 spiro atoms. The quantitative estimate of drug-likeness (QED) is 0.791. The summed E-state index contributed by atoms with van der Waals surface area (Å²) in [4.78, 5) is 12.6. The van der Waals surface area contributed by atoms with E-state index in [1.54, 1.807) is 42.5 Å². The van der Waals surface area contributed by atoms with Gasteiger partial charge in [-0.15, -0.1) is 0 Å².